The molecule has 1 amide bonds. The predicted octanol–water partition coefficient (Wildman–Crippen LogP) is 5.40. The first-order valence-corrected chi connectivity index (χ1v) is 8.28. The van der Waals surface area contributed by atoms with Gasteiger partial charge in [0, 0.05) is 17.7 Å². The Bertz CT molecular complexity index is 683. The van der Waals surface area contributed by atoms with Crippen LogP contribution in [0.3, 0.4) is 0 Å². The highest BCUT2D eigenvalue weighted by Crippen LogP contribution is 2.24. The van der Waals surface area contributed by atoms with E-state index in [-0.39, 0.29) is 18.3 Å². The van der Waals surface area contributed by atoms with Gasteiger partial charge in [0.25, 0.3) is 0 Å². The molecule has 0 fully saturated rings. The van der Waals surface area contributed by atoms with E-state index < -0.39 is 5.82 Å². The van der Waals surface area contributed by atoms with Gasteiger partial charge in [-0.2, -0.15) is 0 Å². The highest BCUT2D eigenvalue weighted by molar-refractivity contribution is 5.91. The molecule has 0 aliphatic carbocycles. The zero-order valence-corrected chi connectivity index (χ0v) is 15.1. The van der Waals surface area contributed by atoms with Crippen molar-refractivity contribution in [3.8, 4) is 5.75 Å². The van der Waals surface area contributed by atoms with Gasteiger partial charge < -0.3 is 10.1 Å². The Labute approximate surface area is 143 Å². The number of rotatable bonds is 5. The summed E-state index contributed by atoms with van der Waals surface area (Å²) in [6.45, 7) is 9.82. The number of benzene rings is 2. The average molecular weight is 331 g/mol. The van der Waals surface area contributed by atoms with E-state index in [9.17, 15) is 9.18 Å². The van der Waals surface area contributed by atoms with Crippen molar-refractivity contribution in [2.75, 3.05) is 5.32 Å². The van der Waals surface area contributed by atoms with E-state index in [0.717, 1.165) is 16.7 Å². The van der Waals surface area contributed by atoms with Crippen LogP contribution in [0.1, 0.15) is 43.9 Å². The number of carbonyl (C=O) groups is 1. The van der Waals surface area contributed by atoms with Gasteiger partial charge in [-0.05, 0) is 43.2 Å². The smallest absolute Gasteiger partial charge is 0.224 e. The fourth-order valence-corrected chi connectivity index (χ4v) is 2.12. The third kappa shape index (κ3) is 5.37. The monoisotopic (exact) mass is 331 g/mol. The van der Waals surface area contributed by atoms with Crippen molar-refractivity contribution in [1.82, 2.24) is 0 Å². The average Bonchev–Trinajstić information content (AvgIpc) is 2.59. The standard InChI is InChI=1S/C18H20FNO2.C2H6/c1-4-18(21)20-16-7-5-6-13(3)14(16)11-22-17-10-12(2)8-9-15(17)19;1-2/h5-10H,4,11H2,1-3H3,(H,20,21);1-2H3. The Morgan fingerprint density at radius 1 is 1.17 bits per heavy atom. The Kier molecular flexibility index (Phi) is 7.96. The minimum atomic E-state index is -0.390. The van der Waals surface area contributed by atoms with Gasteiger partial charge in [-0.3, -0.25) is 4.79 Å². The summed E-state index contributed by atoms with van der Waals surface area (Å²) < 4.78 is 19.4. The predicted molar refractivity (Wildman–Crippen MR) is 96.9 cm³/mol. The molecule has 2 rings (SSSR count). The van der Waals surface area contributed by atoms with Gasteiger partial charge in [0.15, 0.2) is 11.6 Å². The molecule has 0 aliphatic rings. The molecule has 0 atom stereocenters. The van der Waals surface area contributed by atoms with Crippen LogP contribution in [0, 0.1) is 19.7 Å². The van der Waals surface area contributed by atoms with E-state index in [4.69, 9.17) is 4.74 Å². The minimum Gasteiger partial charge on any atom is -0.486 e. The van der Waals surface area contributed by atoms with Gasteiger partial charge in [0.1, 0.15) is 6.61 Å². The van der Waals surface area contributed by atoms with E-state index in [1.165, 1.54) is 6.07 Å². The molecule has 0 unspecified atom stereocenters. The number of nitrogens with one attached hydrogen (secondary N) is 1. The Morgan fingerprint density at radius 2 is 1.88 bits per heavy atom. The lowest BCUT2D eigenvalue weighted by atomic mass is 10.1. The number of carbonyl (C=O) groups excluding carboxylic acids is 1. The van der Waals surface area contributed by atoms with E-state index in [1.54, 1.807) is 19.1 Å². The van der Waals surface area contributed by atoms with Gasteiger partial charge in [-0.15, -0.1) is 0 Å². The zero-order valence-electron chi connectivity index (χ0n) is 15.1. The largest absolute Gasteiger partial charge is 0.486 e. The SMILES string of the molecule is CC.CCC(=O)Nc1cccc(C)c1COc1cc(C)ccc1F. The van der Waals surface area contributed by atoms with Crippen LogP contribution in [-0.4, -0.2) is 5.91 Å². The van der Waals surface area contributed by atoms with Crippen molar-refractivity contribution < 1.29 is 13.9 Å². The quantitative estimate of drug-likeness (QED) is 0.797. The van der Waals surface area contributed by atoms with Gasteiger partial charge in [-0.25, -0.2) is 4.39 Å². The fraction of sp³-hybridized carbons (Fsp3) is 0.350. The van der Waals surface area contributed by atoms with Crippen molar-refractivity contribution in [1.29, 1.82) is 0 Å². The molecule has 3 nitrogen and oxygen atoms in total. The number of halogens is 1. The highest BCUT2D eigenvalue weighted by atomic mass is 19.1. The molecule has 0 saturated carbocycles. The van der Waals surface area contributed by atoms with Crippen molar-refractivity contribution in [2.45, 2.75) is 47.6 Å². The van der Waals surface area contributed by atoms with Crippen LogP contribution in [-0.2, 0) is 11.4 Å². The van der Waals surface area contributed by atoms with Gasteiger partial charge >= 0.3 is 0 Å². The summed E-state index contributed by atoms with van der Waals surface area (Å²) in [5.41, 5.74) is 3.48. The third-order valence-corrected chi connectivity index (χ3v) is 3.46. The number of hydrogen-bond donors (Lipinski definition) is 1. The normalized spacial score (nSPS) is 9.75. The van der Waals surface area contributed by atoms with Crippen LogP contribution in [0.2, 0.25) is 0 Å². The first-order chi connectivity index (χ1) is 11.5. The maximum absolute atomic E-state index is 13.7. The van der Waals surface area contributed by atoms with E-state index in [1.807, 2.05) is 45.9 Å². The summed E-state index contributed by atoms with van der Waals surface area (Å²) in [5.74, 6) is -0.233. The maximum Gasteiger partial charge on any atom is 0.224 e. The van der Waals surface area contributed by atoms with Crippen LogP contribution < -0.4 is 10.1 Å². The first-order valence-electron chi connectivity index (χ1n) is 8.28. The second-order valence-electron chi connectivity index (χ2n) is 5.23. The molecule has 0 bridgehead atoms. The number of aryl methyl sites for hydroxylation is 2. The van der Waals surface area contributed by atoms with E-state index in [2.05, 4.69) is 5.32 Å². The maximum atomic E-state index is 13.7. The van der Waals surface area contributed by atoms with Crippen molar-refractivity contribution in [3.63, 3.8) is 0 Å². The Morgan fingerprint density at radius 3 is 2.54 bits per heavy atom. The van der Waals surface area contributed by atoms with Crippen molar-refractivity contribution >= 4 is 11.6 Å². The lowest BCUT2D eigenvalue weighted by molar-refractivity contribution is -0.115. The Hall–Kier alpha value is -2.36. The lowest BCUT2D eigenvalue weighted by Gasteiger charge is -2.15. The number of ether oxygens (including phenoxy) is 1. The zero-order chi connectivity index (χ0) is 18.1. The molecule has 2 aromatic rings. The van der Waals surface area contributed by atoms with Crippen LogP contribution in [0.15, 0.2) is 36.4 Å². The summed E-state index contributed by atoms with van der Waals surface area (Å²) in [6.07, 6.45) is 0.404. The fourth-order valence-electron chi connectivity index (χ4n) is 2.12. The molecule has 0 aromatic heterocycles. The van der Waals surface area contributed by atoms with Crippen LogP contribution >= 0.6 is 0 Å². The second kappa shape index (κ2) is 9.71. The van der Waals surface area contributed by atoms with Crippen molar-refractivity contribution in [2.24, 2.45) is 0 Å². The first kappa shape index (κ1) is 19.7. The van der Waals surface area contributed by atoms with Gasteiger partial charge in [0.05, 0.1) is 0 Å². The van der Waals surface area contributed by atoms with Crippen LogP contribution in [0.4, 0.5) is 10.1 Å². The summed E-state index contributed by atoms with van der Waals surface area (Å²) >= 11 is 0. The molecule has 130 valence electrons. The van der Waals surface area contributed by atoms with Crippen LogP contribution in [0.5, 0.6) is 5.75 Å². The molecular weight excluding hydrogens is 305 g/mol. The summed E-state index contributed by atoms with van der Waals surface area (Å²) in [7, 11) is 0. The molecule has 0 saturated heterocycles. The van der Waals surface area contributed by atoms with E-state index >= 15 is 0 Å². The van der Waals surface area contributed by atoms with Crippen molar-refractivity contribution in [3.05, 3.63) is 58.9 Å². The molecular formula is C20H26FNO2. The number of anilines is 1. The molecule has 0 aliphatic heterocycles. The molecule has 0 radical (unpaired) electrons. The Balaban J connectivity index is 0.00000139. The summed E-state index contributed by atoms with van der Waals surface area (Å²) in [4.78, 5) is 11.6. The number of hydrogen-bond acceptors (Lipinski definition) is 2. The third-order valence-electron chi connectivity index (χ3n) is 3.46. The molecule has 0 spiro atoms. The van der Waals surface area contributed by atoms with E-state index in [0.29, 0.717) is 12.1 Å². The lowest BCUT2D eigenvalue weighted by Crippen LogP contribution is -2.13. The minimum absolute atomic E-state index is 0.0615. The summed E-state index contributed by atoms with van der Waals surface area (Å²) in [5, 5.41) is 2.85. The molecule has 0 heterocycles. The molecule has 24 heavy (non-hydrogen) atoms. The molecule has 4 heteroatoms. The second-order valence-corrected chi connectivity index (χ2v) is 5.23. The topological polar surface area (TPSA) is 38.3 Å². The van der Waals surface area contributed by atoms with Crippen LogP contribution in [0.25, 0.3) is 0 Å². The summed E-state index contributed by atoms with van der Waals surface area (Å²) in [6, 6.07) is 10.4. The number of amides is 1. The highest BCUT2D eigenvalue weighted by Gasteiger charge is 2.10. The molecule has 1 N–H and O–H groups in total. The molecule has 2 aromatic carbocycles. The van der Waals surface area contributed by atoms with Gasteiger partial charge in [0.2, 0.25) is 5.91 Å². The van der Waals surface area contributed by atoms with Gasteiger partial charge in [-0.1, -0.05) is 39.0 Å².